The zero-order valence-electron chi connectivity index (χ0n) is 25.5. The van der Waals surface area contributed by atoms with E-state index in [0.29, 0.717) is 29.5 Å². The van der Waals surface area contributed by atoms with Crippen LogP contribution in [-0.4, -0.2) is 50.8 Å². The summed E-state index contributed by atoms with van der Waals surface area (Å²) >= 11 is 0. The van der Waals surface area contributed by atoms with E-state index in [1.54, 1.807) is 21.3 Å². The van der Waals surface area contributed by atoms with E-state index in [2.05, 4.69) is 43.1 Å². The number of hydrogen-bond donors (Lipinski definition) is 0. The molecule has 43 heavy (non-hydrogen) atoms. The van der Waals surface area contributed by atoms with Crippen LogP contribution in [0.4, 0.5) is 0 Å². The first-order valence-corrected chi connectivity index (χ1v) is 14.7. The Labute approximate surface area is 253 Å². The van der Waals surface area contributed by atoms with E-state index in [9.17, 15) is 0 Å². The molecule has 0 atom stereocenters. The monoisotopic (exact) mass is 575 g/mol. The van der Waals surface area contributed by atoms with Gasteiger partial charge in [-0.1, -0.05) is 18.2 Å². The van der Waals surface area contributed by atoms with Crippen LogP contribution in [0.15, 0.2) is 70.8 Å². The van der Waals surface area contributed by atoms with Crippen LogP contribution in [0.2, 0.25) is 0 Å². The lowest BCUT2D eigenvalue weighted by Crippen LogP contribution is -2.16. The molecule has 0 saturated heterocycles. The molecule has 0 unspecified atom stereocenters. The zero-order valence-corrected chi connectivity index (χ0v) is 25.5. The summed E-state index contributed by atoms with van der Waals surface area (Å²) in [7, 11) is 4.98. The van der Waals surface area contributed by atoms with E-state index < -0.39 is 0 Å². The Morgan fingerprint density at radius 3 is 1.86 bits per heavy atom. The van der Waals surface area contributed by atoms with Gasteiger partial charge in [0.1, 0.15) is 0 Å². The average Bonchev–Trinajstić information content (AvgIpc) is 3.03. The molecule has 0 amide bonds. The molecule has 0 fully saturated rings. The van der Waals surface area contributed by atoms with Gasteiger partial charge >= 0.3 is 0 Å². The van der Waals surface area contributed by atoms with Crippen molar-refractivity contribution in [2.24, 2.45) is 9.98 Å². The molecule has 0 bridgehead atoms. The predicted octanol–water partition coefficient (Wildman–Crippen LogP) is 6.69. The number of fused-ring (bicyclic) bond motifs is 2. The number of aromatic nitrogens is 1. The Hall–Kier alpha value is -4.65. The lowest BCUT2D eigenvalue weighted by atomic mass is 9.90. The van der Waals surface area contributed by atoms with Gasteiger partial charge in [-0.15, -0.1) is 0 Å². The van der Waals surface area contributed by atoms with Crippen LogP contribution < -0.4 is 18.9 Å². The highest BCUT2D eigenvalue weighted by atomic mass is 16.5. The highest BCUT2D eigenvalue weighted by Crippen LogP contribution is 2.34. The number of methoxy groups -OCH3 is 3. The lowest BCUT2D eigenvalue weighted by Gasteiger charge is -2.20. The summed E-state index contributed by atoms with van der Waals surface area (Å²) in [5.74, 6) is 3.24. The van der Waals surface area contributed by atoms with Crippen molar-refractivity contribution in [2.75, 3.05) is 34.4 Å². The molecule has 2 aliphatic rings. The number of nitrogens with zero attached hydrogens (tertiary/aromatic N) is 3. The van der Waals surface area contributed by atoms with Crippen molar-refractivity contribution in [3.8, 4) is 28.9 Å². The molecular weight excluding hydrogens is 538 g/mol. The minimum atomic E-state index is 0.503. The van der Waals surface area contributed by atoms with Gasteiger partial charge in [-0.05, 0) is 96.0 Å². The van der Waals surface area contributed by atoms with Crippen molar-refractivity contribution in [2.45, 2.75) is 39.5 Å². The second-order valence-corrected chi connectivity index (χ2v) is 11.1. The molecule has 7 heteroatoms. The van der Waals surface area contributed by atoms with Crippen molar-refractivity contribution in [3.05, 3.63) is 105 Å². The molecule has 3 aromatic carbocycles. The van der Waals surface area contributed by atoms with Gasteiger partial charge < -0.3 is 18.9 Å². The predicted molar refractivity (Wildman–Crippen MR) is 170 cm³/mol. The summed E-state index contributed by atoms with van der Waals surface area (Å²) < 4.78 is 22.9. The van der Waals surface area contributed by atoms with Crippen LogP contribution >= 0.6 is 0 Å². The second kappa shape index (κ2) is 12.3. The third-order valence-corrected chi connectivity index (χ3v) is 8.30. The molecule has 7 nitrogen and oxygen atoms in total. The Morgan fingerprint density at radius 2 is 1.19 bits per heavy atom. The highest BCUT2D eigenvalue weighted by Gasteiger charge is 2.20. The topological polar surface area (TPSA) is 74.5 Å². The smallest absolute Gasteiger partial charge is 0.219 e. The van der Waals surface area contributed by atoms with E-state index in [1.165, 1.54) is 27.8 Å². The number of ether oxygens (including phenoxy) is 4. The molecule has 0 aliphatic carbocycles. The Balaban J connectivity index is 1.15. The third kappa shape index (κ3) is 5.98. The van der Waals surface area contributed by atoms with E-state index in [0.717, 1.165) is 66.2 Å². The summed E-state index contributed by atoms with van der Waals surface area (Å²) in [6, 6.07) is 18.6. The maximum Gasteiger partial charge on any atom is 0.219 e. The van der Waals surface area contributed by atoms with Gasteiger partial charge in [0.25, 0.3) is 0 Å². The average molecular weight is 576 g/mol. The largest absolute Gasteiger partial charge is 0.493 e. The minimum absolute atomic E-state index is 0.503. The molecule has 0 radical (unpaired) electrons. The number of aryl methyl sites for hydroxylation is 2. The summed E-state index contributed by atoms with van der Waals surface area (Å²) in [5.41, 5.74) is 11.9. The molecule has 0 N–H and O–H groups in total. The standard InChI is InChI=1S/C36H37N3O4/c1-22-14-26-10-12-37-30(28(26)15-23(22)2)16-24-6-8-32(33(18-24)40-3)43-36-9-7-25(21-39-36)17-31-29-20-35(42-5)34(41-4)19-27(29)11-13-38-31/h6-9,14-15,18-21H,10-13,16-17H2,1-5H3. The summed E-state index contributed by atoms with van der Waals surface area (Å²) in [4.78, 5) is 14.3. The molecule has 3 heterocycles. The molecular formula is C36H37N3O4. The van der Waals surface area contributed by atoms with Crippen molar-refractivity contribution in [1.82, 2.24) is 4.98 Å². The van der Waals surface area contributed by atoms with E-state index >= 15 is 0 Å². The van der Waals surface area contributed by atoms with Crippen LogP contribution in [0.25, 0.3) is 0 Å². The van der Waals surface area contributed by atoms with Crippen LogP contribution in [0, 0.1) is 13.8 Å². The molecule has 2 aliphatic heterocycles. The van der Waals surface area contributed by atoms with Crippen molar-refractivity contribution in [1.29, 1.82) is 0 Å². The Kier molecular flexibility index (Phi) is 8.14. The van der Waals surface area contributed by atoms with Gasteiger partial charge in [0.2, 0.25) is 5.88 Å². The first-order chi connectivity index (χ1) is 20.9. The molecule has 0 saturated carbocycles. The second-order valence-electron chi connectivity index (χ2n) is 11.1. The van der Waals surface area contributed by atoms with Crippen molar-refractivity contribution >= 4 is 11.4 Å². The Morgan fingerprint density at radius 1 is 0.605 bits per heavy atom. The first-order valence-electron chi connectivity index (χ1n) is 14.7. The third-order valence-electron chi connectivity index (χ3n) is 8.30. The zero-order chi connectivity index (χ0) is 29.9. The van der Waals surface area contributed by atoms with Gasteiger partial charge in [0.15, 0.2) is 23.0 Å². The molecule has 220 valence electrons. The lowest BCUT2D eigenvalue weighted by molar-refractivity contribution is 0.354. The van der Waals surface area contributed by atoms with Crippen LogP contribution in [0.5, 0.6) is 28.9 Å². The van der Waals surface area contributed by atoms with Crippen LogP contribution in [0.1, 0.15) is 44.5 Å². The fraction of sp³-hybridized carbons (Fsp3) is 0.306. The number of rotatable bonds is 9. The summed E-state index contributed by atoms with van der Waals surface area (Å²) in [6.45, 7) is 5.91. The fourth-order valence-corrected chi connectivity index (χ4v) is 5.82. The van der Waals surface area contributed by atoms with Gasteiger partial charge in [0.05, 0.1) is 21.3 Å². The fourth-order valence-electron chi connectivity index (χ4n) is 5.82. The van der Waals surface area contributed by atoms with Crippen LogP contribution in [-0.2, 0) is 25.7 Å². The van der Waals surface area contributed by atoms with Gasteiger partial charge in [-0.2, -0.15) is 0 Å². The van der Waals surface area contributed by atoms with Gasteiger partial charge in [0, 0.05) is 55.2 Å². The molecule has 0 spiro atoms. The van der Waals surface area contributed by atoms with E-state index in [1.807, 2.05) is 36.5 Å². The van der Waals surface area contributed by atoms with E-state index in [-0.39, 0.29) is 0 Å². The maximum atomic E-state index is 6.16. The van der Waals surface area contributed by atoms with Crippen LogP contribution in [0.3, 0.4) is 0 Å². The number of aliphatic imine (C=N–C) groups is 2. The van der Waals surface area contributed by atoms with E-state index in [4.69, 9.17) is 28.9 Å². The van der Waals surface area contributed by atoms with Crippen molar-refractivity contribution < 1.29 is 18.9 Å². The van der Waals surface area contributed by atoms with Crippen molar-refractivity contribution in [3.63, 3.8) is 0 Å². The summed E-state index contributed by atoms with van der Waals surface area (Å²) in [6.07, 6.45) is 5.12. The highest BCUT2D eigenvalue weighted by molar-refractivity contribution is 6.05. The minimum Gasteiger partial charge on any atom is -0.493 e. The summed E-state index contributed by atoms with van der Waals surface area (Å²) in [5, 5.41) is 0. The quantitative estimate of drug-likeness (QED) is 0.222. The number of hydrogen-bond acceptors (Lipinski definition) is 7. The Bertz CT molecular complexity index is 1720. The van der Waals surface area contributed by atoms with Gasteiger partial charge in [-0.3, -0.25) is 9.98 Å². The molecule has 6 rings (SSSR count). The SMILES string of the molecule is COc1cc2c(cc1OC)C(Cc1ccc(Oc3ccc(CC4=NCCc5cc(C)c(C)cc54)cc3OC)nc1)=NCC2. The normalized spacial score (nSPS) is 13.8. The number of pyridine rings is 1. The van der Waals surface area contributed by atoms with Gasteiger partial charge in [-0.25, -0.2) is 4.98 Å². The molecule has 4 aromatic rings. The first kappa shape index (κ1) is 28.5. The number of benzene rings is 3. The maximum absolute atomic E-state index is 6.16. The molecule has 1 aromatic heterocycles.